The van der Waals surface area contributed by atoms with Crippen molar-refractivity contribution in [1.29, 1.82) is 0 Å². The molecule has 0 spiro atoms. The number of nitrogens with zero attached hydrogens (tertiary/aromatic N) is 2. The Morgan fingerprint density at radius 2 is 2.29 bits per heavy atom. The molecule has 0 atom stereocenters. The average molecular weight is 326 g/mol. The summed E-state index contributed by atoms with van der Waals surface area (Å²) < 4.78 is 28.3. The van der Waals surface area contributed by atoms with Crippen LogP contribution in [-0.2, 0) is 16.6 Å². The summed E-state index contributed by atoms with van der Waals surface area (Å²) in [6, 6.07) is 3.86. The van der Waals surface area contributed by atoms with Crippen LogP contribution in [-0.4, -0.2) is 17.8 Å². The summed E-state index contributed by atoms with van der Waals surface area (Å²) >= 11 is 5.79. The number of allylic oxidation sites excluding steroid dienone is 2. The molecule has 0 saturated heterocycles. The highest BCUT2D eigenvalue weighted by molar-refractivity contribution is 7.93. The molecule has 1 N–H and O–H groups in total. The lowest BCUT2D eigenvalue weighted by Crippen LogP contribution is -2.24. The number of halogens is 1. The Hall–Kier alpha value is -1.63. The first-order valence-electron chi connectivity index (χ1n) is 6.29. The van der Waals surface area contributed by atoms with Gasteiger partial charge in [0.15, 0.2) is 0 Å². The fourth-order valence-electron chi connectivity index (χ4n) is 1.83. The van der Waals surface area contributed by atoms with Crippen LogP contribution in [0.15, 0.2) is 47.1 Å². The van der Waals surface area contributed by atoms with Crippen LogP contribution < -0.4 is 4.72 Å². The minimum Gasteiger partial charge on any atom is -0.307 e. The average Bonchev–Trinajstić information content (AvgIpc) is 2.88. The molecule has 7 heteroatoms. The second kappa shape index (κ2) is 6.01. The number of imidazole rings is 1. The molecule has 0 aliphatic heterocycles. The molecule has 0 fully saturated rings. The molecule has 2 heterocycles. The van der Waals surface area contributed by atoms with E-state index in [0.29, 0.717) is 5.69 Å². The first-order chi connectivity index (χ1) is 9.85. The lowest BCUT2D eigenvalue weighted by Gasteiger charge is -2.06. The number of hydrogen-bond acceptors (Lipinski definition) is 3. The van der Waals surface area contributed by atoms with Crippen molar-refractivity contribution >= 4 is 27.3 Å². The minimum absolute atomic E-state index is 0.0797. The van der Waals surface area contributed by atoms with E-state index in [0.717, 1.165) is 11.2 Å². The Bertz CT molecular complexity index is 822. The van der Waals surface area contributed by atoms with Gasteiger partial charge in [-0.25, -0.2) is 18.1 Å². The zero-order valence-corrected chi connectivity index (χ0v) is 13.4. The predicted molar refractivity (Wildman–Crippen MR) is 84.4 cm³/mol. The molecule has 0 unspecified atom stereocenters. The number of sulfonamides is 1. The molecular weight excluding hydrogens is 310 g/mol. The van der Waals surface area contributed by atoms with Gasteiger partial charge in [0.1, 0.15) is 5.65 Å². The van der Waals surface area contributed by atoms with Gasteiger partial charge in [-0.2, -0.15) is 0 Å². The monoisotopic (exact) mass is 325 g/mol. The predicted octanol–water partition coefficient (Wildman–Crippen LogP) is 2.72. The fraction of sp³-hybridized carbons (Fsp3) is 0.214. The molecule has 0 aliphatic carbocycles. The summed E-state index contributed by atoms with van der Waals surface area (Å²) in [5.74, 6) is 0. The number of aromatic nitrogens is 2. The third-order valence-corrected chi connectivity index (χ3v) is 4.97. The molecule has 0 aromatic carbocycles. The van der Waals surface area contributed by atoms with E-state index < -0.39 is 10.0 Å². The van der Waals surface area contributed by atoms with Crippen LogP contribution in [0.2, 0.25) is 0 Å². The highest BCUT2D eigenvalue weighted by Gasteiger charge is 2.18. The second-order valence-corrected chi connectivity index (χ2v) is 6.73. The van der Waals surface area contributed by atoms with Gasteiger partial charge in [-0.3, -0.25) is 0 Å². The Morgan fingerprint density at radius 3 is 2.90 bits per heavy atom. The van der Waals surface area contributed by atoms with E-state index in [1.807, 2.05) is 29.7 Å². The molecule has 2 aromatic rings. The van der Waals surface area contributed by atoms with Gasteiger partial charge in [-0.1, -0.05) is 30.3 Å². The minimum atomic E-state index is -3.71. The fourth-order valence-corrected chi connectivity index (χ4v) is 3.03. The number of nitrogens with one attached hydrogen (secondary N) is 1. The molecule has 2 aromatic heterocycles. The highest BCUT2D eigenvalue weighted by atomic mass is 35.5. The molecule has 2 rings (SSSR count). The van der Waals surface area contributed by atoms with Crippen LogP contribution in [0.3, 0.4) is 0 Å². The molecule has 21 heavy (non-hydrogen) atoms. The lowest BCUT2D eigenvalue weighted by atomic mass is 10.3. The first kappa shape index (κ1) is 15.8. The number of hydrogen-bond donors (Lipinski definition) is 1. The maximum Gasteiger partial charge on any atom is 0.241 e. The van der Waals surface area contributed by atoms with E-state index in [-0.39, 0.29) is 16.5 Å². The van der Waals surface area contributed by atoms with Crippen molar-refractivity contribution in [2.24, 2.45) is 0 Å². The molecule has 0 saturated carbocycles. The Balaban J connectivity index is 2.18. The zero-order valence-electron chi connectivity index (χ0n) is 11.8. The van der Waals surface area contributed by atoms with Crippen molar-refractivity contribution in [1.82, 2.24) is 14.1 Å². The van der Waals surface area contributed by atoms with Crippen LogP contribution >= 0.6 is 11.6 Å². The summed E-state index contributed by atoms with van der Waals surface area (Å²) in [6.45, 7) is 7.16. The number of aryl methyl sites for hydroxylation is 1. The molecule has 0 bridgehead atoms. The van der Waals surface area contributed by atoms with Crippen LogP contribution in [0.5, 0.6) is 0 Å². The number of fused-ring (bicyclic) bond motifs is 1. The van der Waals surface area contributed by atoms with E-state index in [9.17, 15) is 8.42 Å². The summed E-state index contributed by atoms with van der Waals surface area (Å²) in [4.78, 5) is 4.25. The SMILES string of the molecule is C=C(/C(Cl)=C\C)S(=O)(=O)NCc1cn2cccc(C)c2n1. The maximum absolute atomic E-state index is 12.0. The number of rotatable bonds is 5. The Labute approximate surface area is 129 Å². The van der Waals surface area contributed by atoms with Gasteiger partial charge in [-0.05, 0) is 25.5 Å². The number of pyridine rings is 1. The van der Waals surface area contributed by atoms with Crippen LogP contribution in [0.25, 0.3) is 5.65 Å². The van der Waals surface area contributed by atoms with Gasteiger partial charge in [0.05, 0.1) is 22.2 Å². The van der Waals surface area contributed by atoms with Crippen molar-refractivity contribution in [3.63, 3.8) is 0 Å². The van der Waals surface area contributed by atoms with E-state index in [1.165, 1.54) is 6.08 Å². The lowest BCUT2D eigenvalue weighted by molar-refractivity contribution is 0.588. The third kappa shape index (κ3) is 3.34. The third-order valence-electron chi connectivity index (χ3n) is 3.02. The topological polar surface area (TPSA) is 63.5 Å². The van der Waals surface area contributed by atoms with E-state index in [1.54, 1.807) is 13.1 Å². The largest absolute Gasteiger partial charge is 0.307 e. The van der Waals surface area contributed by atoms with E-state index in [4.69, 9.17) is 11.6 Å². The van der Waals surface area contributed by atoms with Crippen molar-refractivity contribution in [3.05, 3.63) is 58.4 Å². The quantitative estimate of drug-likeness (QED) is 0.860. The molecule has 5 nitrogen and oxygen atoms in total. The first-order valence-corrected chi connectivity index (χ1v) is 8.15. The van der Waals surface area contributed by atoms with Crippen LogP contribution in [0, 0.1) is 6.92 Å². The van der Waals surface area contributed by atoms with Gasteiger partial charge in [0, 0.05) is 12.4 Å². The van der Waals surface area contributed by atoms with Crippen molar-refractivity contribution in [2.75, 3.05) is 0 Å². The molecule has 112 valence electrons. The summed E-state index contributed by atoms with van der Waals surface area (Å²) in [5, 5.41) is 0.105. The van der Waals surface area contributed by atoms with Gasteiger partial charge >= 0.3 is 0 Å². The van der Waals surface area contributed by atoms with Gasteiger partial charge in [0.25, 0.3) is 0 Å². The summed E-state index contributed by atoms with van der Waals surface area (Å²) in [7, 11) is -3.71. The van der Waals surface area contributed by atoms with Crippen LogP contribution in [0.1, 0.15) is 18.2 Å². The highest BCUT2D eigenvalue weighted by Crippen LogP contribution is 2.18. The standard InChI is InChI=1S/C14H16ClN3O2S/c1-4-13(15)11(3)21(19,20)16-8-12-9-18-7-5-6-10(2)14(18)17-12/h4-7,9,16H,3,8H2,1-2H3/b13-4+. The summed E-state index contributed by atoms with van der Waals surface area (Å²) in [6.07, 6.45) is 5.13. The smallest absolute Gasteiger partial charge is 0.241 e. The normalized spacial score (nSPS) is 12.8. The van der Waals surface area contributed by atoms with E-state index in [2.05, 4.69) is 16.3 Å². The molecule has 0 radical (unpaired) electrons. The Kier molecular flexibility index (Phi) is 4.51. The van der Waals surface area contributed by atoms with Gasteiger partial charge in [-0.15, -0.1) is 0 Å². The van der Waals surface area contributed by atoms with Crippen molar-refractivity contribution in [3.8, 4) is 0 Å². The summed E-state index contributed by atoms with van der Waals surface area (Å²) in [5.41, 5.74) is 2.45. The van der Waals surface area contributed by atoms with E-state index >= 15 is 0 Å². The molecule has 0 amide bonds. The van der Waals surface area contributed by atoms with Gasteiger partial charge < -0.3 is 4.40 Å². The van der Waals surface area contributed by atoms with Gasteiger partial charge in [0.2, 0.25) is 10.0 Å². The molecule has 0 aliphatic rings. The molecular formula is C14H16ClN3O2S. The maximum atomic E-state index is 12.0. The Morgan fingerprint density at radius 1 is 1.57 bits per heavy atom. The zero-order chi connectivity index (χ0) is 15.6. The van der Waals surface area contributed by atoms with Crippen molar-refractivity contribution in [2.45, 2.75) is 20.4 Å². The van der Waals surface area contributed by atoms with Crippen LogP contribution in [0.4, 0.5) is 0 Å². The second-order valence-electron chi connectivity index (χ2n) is 4.54. The van der Waals surface area contributed by atoms with Crippen molar-refractivity contribution < 1.29 is 8.42 Å².